The van der Waals surface area contributed by atoms with Crippen LogP contribution in [0.5, 0.6) is 0 Å². The van der Waals surface area contributed by atoms with Crippen molar-refractivity contribution >= 4 is 22.9 Å². The van der Waals surface area contributed by atoms with E-state index >= 15 is 0 Å². The summed E-state index contributed by atoms with van der Waals surface area (Å²) in [6, 6.07) is 0.137. The molecule has 1 aliphatic carbocycles. The van der Waals surface area contributed by atoms with Gasteiger partial charge in [-0.05, 0) is 32.1 Å². The van der Waals surface area contributed by atoms with Crippen molar-refractivity contribution in [1.29, 1.82) is 0 Å². The highest BCUT2D eigenvalue weighted by Gasteiger charge is 2.47. The summed E-state index contributed by atoms with van der Waals surface area (Å²) in [5.41, 5.74) is 7.40. The number of fused-ring (bicyclic) bond motifs is 1. The molecule has 32 heavy (non-hydrogen) atoms. The number of hydrogen-bond donors (Lipinski definition) is 3. The molecule has 5 atom stereocenters. The second-order valence-electron chi connectivity index (χ2n) is 8.64. The minimum Gasteiger partial charge on any atom is -0.387 e. The van der Waals surface area contributed by atoms with E-state index in [4.69, 9.17) is 19.9 Å². The maximum absolute atomic E-state index is 11.8. The molecule has 2 aliphatic heterocycles. The molecule has 5 rings (SSSR count). The normalized spacial score (nSPS) is 32.0. The molecule has 4 heterocycles. The van der Waals surface area contributed by atoms with Crippen molar-refractivity contribution in [3.8, 4) is 0 Å². The van der Waals surface area contributed by atoms with Crippen LogP contribution in [-0.4, -0.2) is 85.4 Å². The van der Waals surface area contributed by atoms with Crippen molar-refractivity contribution in [3.63, 3.8) is 0 Å². The van der Waals surface area contributed by atoms with Gasteiger partial charge < -0.3 is 29.7 Å². The fraction of sp³-hybridized carbons (Fsp3) is 0.700. The molecule has 4 N–H and O–H groups in total. The molecule has 0 spiro atoms. The van der Waals surface area contributed by atoms with Crippen LogP contribution in [0.15, 0.2) is 12.7 Å². The first-order valence-electron chi connectivity index (χ1n) is 10.9. The molecule has 2 saturated heterocycles. The van der Waals surface area contributed by atoms with Crippen molar-refractivity contribution in [3.05, 3.63) is 12.7 Å². The zero-order valence-corrected chi connectivity index (χ0v) is 17.5. The minimum absolute atomic E-state index is 0.102. The summed E-state index contributed by atoms with van der Waals surface area (Å²) < 4.78 is 18.7. The van der Waals surface area contributed by atoms with Gasteiger partial charge in [0.05, 0.1) is 25.6 Å². The molecule has 1 amide bonds. The number of anilines is 1. The Kier molecular flexibility index (Phi) is 5.72. The molecule has 12 heteroatoms. The Bertz CT molecular complexity index is 973. The summed E-state index contributed by atoms with van der Waals surface area (Å²) >= 11 is 0. The van der Waals surface area contributed by atoms with Crippen LogP contribution in [0.4, 0.5) is 5.82 Å². The standard InChI is InChI=1S/C20H27N6O6/c21-19(29)20(4-1-2-5-20)31-8-12-14(27)15(28)18(32-12)26-10-24-13-16(22-9-23-17(13)26)25-11-3-6-30-7-11/h9-12,14-15,18,21,27-28H,1-8H2,(H,22,23,25)/t11-,12-,14+,15-,18-/m1/s1. The number of aliphatic hydroxyl groups excluding tert-OH is 2. The number of carbonyl (C=O) groups excluding carboxylic acids is 1. The lowest BCUT2D eigenvalue weighted by Gasteiger charge is -2.27. The maximum Gasteiger partial charge on any atom is 0.270 e. The van der Waals surface area contributed by atoms with E-state index in [1.165, 1.54) is 12.7 Å². The lowest BCUT2D eigenvalue weighted by molar-refractivity contribution is -0.153. The fourth-order valence-corrected chi connectivity index (χ4v) is 4.71. The van der Waals surface area contributed by atoms with E-state index in [0.717, 1.165) is 19.3 Å². The lowest BCUT2D eigenvalue weighted by atomic mass is 10.0. The maximum atomic E-state index is 11.8. The third kappa shape index (κ3) is 3.71. The van der Waals surface area contributed by atoms with E-state index in [1.807, 2.05) is 0 Å². The molecule has 0 unspecified atom stereocenters. The molecule has 1 radical (unpaired) electrons. The van der Waals surface area contributed by atoms with Gasteiger partial charge in [-0.2, -0.15) is 0 Å². The molecule has 3 fully saturated rings. The molecule has 3 aliphatic rings. The van der Waals surface area contributed by atoms with Crippen molar-refractivity contribution in [2.24, 2.45) is 0 Å². The summed E-state index contributed by atoms with van der Waals surface area (Å²) in [4.78, 5) is 24.8. The first-order chi connectivity index (χ1) is 15.5. The molecule has 173 valence electrons. The Morgan fingerprint density at radius 1 is 1.28 bits per heavy atom. The number of aliphatic hydroxyl groups is 2. The Hall–Kier alpha value is -2.38. The van der Waals surface area contributed by atoms with Crippen molar-refractivity contribution in [1.82, 2.24) is 25.3 Å². The number of ether oxygens (including phenoxy) is 3. The quantitative estimate of drug-likeness (QED) is 0.517. The van der Waals surface area contributed by atoms with Gasteiger partial charge in [-0.25, -0.2) is 15.0 Å². The lowest BCUT2D eigenvalue weighted by Crippen LogP contribution is -2.43. The first kappa shape index (κ1) is 21.5. The number of nitrogens with zero attached hydrogens (tertiary/aromatic N) is 4. The minimum atomic E-state index is -1.25. The van der Waals surface area contributed by atoms with Gasteiger partial charge in [-0.3, -0.25) is 15.1 Å². The molecule has 2 aromatic rings. The van der Waals surface area contributed by atoms with Gasteiger partial charge in [-0.15, -0.1) is 0 Å². The smallest absolute Gasteiger partial charge is 0.270 e. The number of nitrogens with one attached hydrogen (secondary N) is 2. The van der Waals surface area contributed by atoms with Crippen LogP contribution in [0.2, 0.25) is 0 Å². The number of aromatic nitrogens is 4. The van der Waals surface area contributed by atoms with Gasteiger partial charge in [0.1, 0.15) is 30.2 Å². The van der Waals surface area contributed by atoms with Crippen LogP contribution >= 0.6 is 0 Å². The molecule has 0 bridgehead atoms. The third-order valence-corrected chi connectivity index (χ3v) is 6.59. The monoisotopic (exact) mass is 447 g/mol. The second-order valence-corrected chi connectivity index (χ2v) is 8.64. The highest BCUT2D eigenvalue weighted by atomic mass is 16.6. The predicted molar refractivity (Wildman–Crippen MR) is 109 cm³/mol. The Morgan fingerprint density at radius 3 is 2.81 bits per heavy atom. The summed E-state index contributed by atoms with van der Waals surface area (Å²) in [6.45, 7) is 1.18. The van der Waals surface area contributed by atoms with Crippen LogP contribution in [0.25, 0.3) is 11.2 Å². The zero-order valence-electron chi connectivity index (χ0n) is 17.5. The molecule has 2 aromatic heterocycles. The van der Waals surface area contributed by atoms with Crippen molar-refractivity contribution in [2.45, 2.75) is 68.3 Å². The summed E-state index contributed by atoms with van der Waals surface area (Å²) in [5.74, 6) is -0.195. The number of amides is 1. The van der Waals surface area contributed by atoms with E-state index < -0.39 is 36.0 Å². The van der Waals surface area contributed by atoms with Crippen LogP contribution in [0, 0.1) is 0 Å². The second kappa shape index (κ2) is 8.52. The summed E-state index contributed by atoms with van der Waals surface area (Å²) in [5, 5.41) is 24.5. The third-order valence-electron chi connectivity index (χ3n) is 6.59. The average Bonchev–Trinajstić information content (AvgIpc) is 3.57. The van der Waals surface area contributed by atoms with Crippen LogP contribution < -0.4 is 11.1 Å². The Morgan fingerprint density at radius 2 is 2.09 bits per heavy atom. The molecule has 1 saturated carbocycles. The van der Waals surface area contributed by atoms with E-state index in [-0.39, 0.29) is 12.6 Å². The largest absolute Gasteiger partial charge is 0.387 e. The highest BCUT2D eigenvalue weighted by Crippen LogP contribution is 2.36. The Balaban J connectivity index is 1.33. The van der Waals surface area contributed by atoms with Crippen LogP contribution in [0.3, 0.4) is 0 Å². The van der Waals surface area contributed by atoms with Gasteiger partial charge in [0.15, 0.2) is 23.2 Å². The van der Waals surface area contributed by atoms with Gasteiger partial charge in [0.25, 0.3) is 5.91 Å². The van der Waals surface area contributed by atoms with Gasteiger partial charge >= 0.3 is 0 Å². The van der Waals surface area contributed by atoms with E-state index in [9.17, 15) is 15.0 Å². The molecule has 0 aromatic carbocycles. The SMILES string of the molecule is [NH]C(=O)C1(OC[C@H]2O[C@@H](n3cnc4c(N[C@@H]5CCOC5)ncnc43)[C@H](O)[C@H]2O)CCCC1. The fourth-order valence-electron chi connectivity index (χ4n) is 4.71. The van der Waals surface area contributed by atoms with Crippen molar-refractivity contribution in [2.75, 3.05) is 25.1 Å². The van der Waals surface area contributed by atoms with Gasteiger partial charge in [0, 0.05) is 6.61 Å². The number of imidazole rings is 1. The van der Waals surface area contributed by atoms with E-state index in [2.05, 4.69) is 20.3 Å². The Labute approximate surface area is 184 Å². The predicted octanol–water partition coefficient (Wildman–Crippen LogP) is -0.215. The topological polar surface area (TPSA) is 165 Å². The first-order valence-corrected chi connectivity index (χ1v) is 10.9. The zero-order chi connectivity index (χ0) is 22.3. The van der Waals surface area contributed by atoms with Gasteiger partial charge in [-0.1, -0.05) is 0 Å². The highest BCUT2D eigenvalue weighted by molar-refractivity contribution is 5.83. The summed E-state index contributed by atoms with van der Waals surface area (Å²) in [7, 11) is 0. The van der Waals surface area contributed by atoms with Crippen molar-refractivity contribution < 1.29 is 29.2 Å². The number of hydrogen-bond acceptors (Lipinski definition) is 10. The van der Waals surface area contributed by atoms with Gasteiger partial charge in [0.2, 0.25) is 0 Å². The number of rotatable bonds is 7. The van der Waals surface area contributed by atoms with Crippen LogP contribution in [-0.2, 0) is 19.0 Å². The van der Waals surface area contributed by atoms with E-state index in [0.29, 0.717) is 43.0 Å². The average molecular weight is 447 g/mol. The molecular weight excluding hydrogens is 420 g/mol. The number of carbonyl (C=O) groups is 1. The van der Waals surface area contributed by atoms with E-state index in [1.54, 1.807) is 4.57 Å². The summed E-state index contributed by atoms with van der Waals surface area (Å²) in [6.07, 6.45) is 2.07. The van der Waals surface area contributed by atoms with Crippen LogP contribution in [0.1, 0.15) is 38.3 Å². The molecular formula is C20H27N6O6. The molecule has 12 nitrogen and oxygen atoms in total.